The predicted molar refractivity (Wildman–Crippen MR) is 178 cm³/mol. The minimum absolute atomic E-state index is 0.00854. The van der Waals surface area contributed by atoms with Crippen molar-refractivity contribution in [2.45, 2.75) is 44.3 Å². The number of hydrogen-bond donors (Lipinski definition) is 1. The van der Waals surface area contributed by atoms with Gasteiger partial charge in [0.1, 0.15) is 23.0 Å². The van der Waals surface area contributed by atoms with E-state index in [2.05, 4.69) is 15.3 Å². The number of aromatic nitrogens is 5. The first-order chi connectivity index (χ1) is 23.2. The minimum Gasteiger partial charge on any atom is -0.348 e. The second-order valence-corrected chi connectivity index (χ2v) is 12.5. The fraction of sp³-hybridized carbons (Fsp3) is 0.250. The molecule has 1 N–H and O–H groups in total. The van der Waals surface area contributed by atoms with Crippen LogP contribution in [0, 0.1) is 11.6 Å². The quantitative estimate of drug-likeness (QED) is 0.258. The largest absolute Gasteiger partial charge is 0.348 e. The van der Waals surface area contributed by atoms with Gasteiger partial charge >= 0.3 is 5.69 Å². The highest BCUT2D eigenvalue weighted by Crippen LogP contribution is 2.30. The Labute approximate surface area is 273 Å². The zero-order valence-corrected chi connectivity index (χ0v) is 26.4. The second-order valence-electron chi connectivity index (χ2n) is 12.5. The van der Waals surface area contributed by atoms with Crippen LogP contribution in [0.2, 0.25) is 0 Å². The molecule has 7 rings (SSSR count). The molecule has 0 aliphatic heterocycles. The molecule has 1 saturated carbocycles. The zero-order chi connectivity index (χ0) is 33.5. The Morgan fingerprint density at radius 3 is 2.44 bits per heavy atom. The van der Waals surface area contributed by atoms with E-state index in [1.54, 1.807) is 0 Å². The molecule has 0 bridgehead atoms. The number of carbonyl (C=O) groups is 1. The summed E-state index contributed by atoms with van der Waals surface area (Å²) in [7, 11) is 3.85. The summed E-state index contributed by atoms with van der Waals surface area (Å²) in [5.41, 5.74) is 2.76. The average Bonchev–Trinajstić information content (AvgIpc) is 3.50. The Hall–Kier alpha value is -5.49. The Morgan fingerprint density at radius 1 is 0.917 bits per heavy atom. The number of rotatable bonds is 7. The van der Waals surface area contributed by atoms with E-state index in [4.69, 9.17) is 0 Å². The number of benzene rings is 2. The topological polar surface area (TPSA) is 107 Å². The Balaban J connectivity index is 1.24. The van der Waals surface area contributed by atoms with Gasteiger partial charge in [0.05, 0.1) is 17.3 Å². The summed E-state index contributed by atoms with van der Waals surface area (Å²) >= 11 is 0. The van der Waals surface area contributed by atoms with Gasteiger partial charge in [-0.25, -0.2) is 28.1 Å². The minimum atomic E-state index is -0.677. The van der Waals surface area contributed by atoms with Crippen molar-refractivity contribution < 1.29 is 13.6 Å². The van der Waals surface area contributed by atoms with Crippen molar-refractivity contribution in [2.75, 3.05) is 14.1 Å². The summed E-state index contributed by atoms with van der Waals surface area (Å²) in [6, 6.07) is 18.8. The molecule has 48 heavy (non-hydrogen) atoms. The smallest absolute Gasteiger partial charge is 0.337 e. The predicted octanol–water partition coefficient (Wildman–Crippen LogP) is 5.12. The van der Waals surface area contributed by atoms with Gasteiger partial charge in [-0.2, -0.15) is 0 Å². The van der Waals surface area contributed by atoms with Crippen LogP contribution in [0.4, 0.5) is 8.78 Å². The van der Waals surface area contributed by atoms with E-state index >= 15 is 0 Å². The van der Waals surface area contributed by atoms with Crippen molar-refractivity contribution in [2.24, 2.45) is 0 Å². The third-order valence-electron chi connectivity index (χ3n) is 8.86. The SMILES string of the molecule is CN(C)Cc1ccc(-c2ccccc2)cc1-n1c(=O)n(C2CCC(NC(=O)c3cn4cc(F)ccc4n3)CC2)c(=O)c2cc(F)cnc21. The van der Waals surface area contributed by atoms with Crippen molar-refractivity contribution in [3.05, 3.63) is 129 Å². The van der Waals surface area contributed by atoms with Gasteiger partial charge in [0.15, 0.2) is 5.65 Å². The third-order valence-corrected chi connectivity index (χ3v) is 8.86. The first kappa shape index (κ1) is 31.1. The molecule has 1 fully saturated rings. The molecule has 6 aromatic rings. The van der Waals surface area contributed by atoms with Crippen molar-refractivity contribution in [3.63, 3.8) is 0 Å². The molecule has 12 heteroatoms. The highest BCUT2D eigenvalue weighted by molar-refractivity contribution is 5.93. The van der Waals surface area contributed by atoms with Gasteiger partial charge in [-0.15, -0.1) is 0 Å². The molecule has 0 atom stereocenters. The molecule has 4 aromatic heterocycles. The van der Waals surface area contributed by atoms with Crippen molar-refractivity contribution in [3.8, 4) is 16.8 Å². The molecular weight excluding hydrogens is 616 g/mol. The summed E-state index contributed by atoms with van der Waals surface area (Å²) in [5, 5.41) is 3.00. The Bertz CT molecular complexity index is 2290. The highest BCUT2D eigenvalue weighted by atomic mass is 19.1. The van der Waals surface area contributed by atoms with Gasteiger partial charge in [-0.3, -0.25) is 14.2 Å². The van der Waals surface area contributed by atoms with Crippen LogP contribution >= 0.6 is 0 Å². The Morgan fingerprint density at radius 2 is 1.69 bits per heavy atom. The number of hydrogen-bond acceptors (Lipinski definition) is 6. The lowest BCUT2D eigenvalue weighted by Crippen LogP contribution is -2.45. The van der Waals surface area contributed by atoms with Gasteiger partial charge in [-0.05, 0) is 80.7 Å². The molecule has 0 unspecified atom stereocenters. The van der Waals surface area contributed by atoms with Crippen LogP contribution < -0.4 is 16.6 Å². The number of halogens is 2. The molecule has 0 saturated heterocycles. The van der Waals surface area contributed by atoms with E-state index in [1.807, 2.05) is 67.5 Å². The molecule has 10 nitrogen and oxygen atoms in total. The second kappa shape index (κ2) is 12.6. The maximum absolute atomic E-state index is 14.6. The number of nitrogens with one attached hydrogen (secondary N) is 1. The van der Waals surface area contributed by atoms with Gasteiger partial charge in [0.25, 0.3) is 11.5 Å². The lowest BCUT2D eigenvalue weighted by molar-refractivity contribution is 0.0917. The summed E-state index contributed by atoms with van der Waals surface area (Å²) in [5.74, 6) is -1.51. The molecule has 0 radical (unpaired) electrons. The molecule has 0 spiro atoms. The molecular formula is C36H33F2N7O3. The fourth-order valence-electron chi connectivity index (χ4n) is 6.59. The number of carbonyl (C=O) groups excluding carboxylic acids is 1. The summed E-state index contributed by atoms with van der Waals surface area (Å²) in [6.45, 7) is 0.505. The number of fused-ring (bicyclic) bond motifs is 2. The first-order valence-corrected chi connectivity index (χ1v) is 15.8. The van der Waals surface area contributed by atoms with Crippen LogP contribution in [0.3, 0.4) is 0 Å². The van der Waals surface area contributed by atoms with Gasteiger partial charge in [0, 0.05) is 31.0 Å². The summed E-state index contributed by atoms with van der Waals surface area (Å²) in [6.07, 6.45) is 5.60. The average molecular weight is 650 g/mol. The number of nitrogens with zero attached hydrogens (tertiary/aromatic N) is 6. The number of amides is 1. The summed E-state index contributed by atoms with van der Waals surface area (Å²) < 4.78 is 32.3. The number of imidazole rings is 1. The Kier molecular flexibility index (Phi) is 8.17. The fourth-order valence-corrected chi connectivity index (χ4v) is 6.59. The highest BCUT2D eigenvalue weighted by Gasteiger charge is 2.29. The maximum Gasteiger partial charge on any atom is 0.337 e. The first-order valence-electron chi connectivity index (χ1n) is 15.8. The van der Waals surface area contributed by atoms with E-state index in [9.17, 15) is 23.2 Å². The molecule has 1 aliphatic carbocycles. The maximum atomic E-state index is 14.6. The van der Waals surface area contributed by atoms with E-state index in [0.717, 1.165) is 29.0 Å². The normalized spacial score (nSPS) is 16.5. The van der Waals surface area contributed by atoms with Gasteiger partial charge < -0.3 is 14.6 Å². The van der Waals surface area contributed by atoms with Crippen LogP contribution in [-0.2, 0) is 6.54 Å². The van der Waals surface area contributed by atoms with E-state index in [-0.39, 0.29) is 28.7 Å². The lowest BCUT2D eigenvalue weighted by atomic mass is 9.90. The summed E-state index contributed by atoms with van der Waals surface area (Å²) in [4.78, 5) is 52.0. The van der Waals surface area contributed by atoms with Crippen molar-refractivity contribution >= 4 is 22.6 Å². The van der Waals surface area contributed by atoms with Crippen LogP contribution in [0.15, 0.2) is 94.9 Å². The van der Waals surface area contributed by atoms with Crippen LogP contribution in [-0.4, -0.2) is 54.4 Å². The third kappa shape index (κ3) is 5.90. The molecule has 2 aromatic carbocycles. The van der Waals surface area contributed by atoms with Crippen molar-refractivity contribution in [1.29, 1.82) is 0 Å². The van der Waals surface area contributed by atoms with Crippen LogP contribution in [0.25, 0.3) is 33.5 Å². The van der Waals surface area contributed by atoms with Gasteiger partial charge in [-0.1, -0.05) is 42.5 Å². The lowest BCUT2D eigenvalue weighted by Gasteiger charge is -2.30. The van der Waals surface area contributed by atoms with Crippen LogP contribution in [0.5, 0.6) is 0 Å². The van der Waals surface area contributed by atoms with E-state index in [0.29, 0.717) is 43.6 Å². The molecule has 1 amide bonds. The monoisotopic (exact) mass is 649 g/mol. The van der Waals surface area contributed by atoms with Gasteiger partial charge in [0.2, 0.25) is 0 Å². The zero-order valence-electron chi connectivity index (χ0n) is 26.4. The molecule has 1 aliphatic rings. The number of pyridine rings is 2. The van der Waals surface area contributed by atoms with Crippen molar-refractivity contribution in [1.82, 2.24) is 33.7 Å². The molecule has 244 valence electrons. The molecule has 4 heterocycles. The van der Waals surface area contributed by atoms with Crippen LogP contribution in [0.1, 0.15) is 47.8 Å². The van der Waals surface area contributed by atoms with E-state index in [1.165, 1.54) is 38.1 Å². The standard InChI is InChI=1S/C36H33F2N7O3/c1-42(2)19-24-9-8-23(22-6-4-3-5-7-22)16-31(24)45-33-29(17-26(38)18-39-33)35(47)44(36(45)48)28-13-11-27(12-14-28)40-34(46)30-21-43-20-25(37)10-15-32(43)41-30/h3-10,15-18,20-21,27-28H,11-14,19H2,1-2H3,(H,40,46). The van der Waals surface area contributed by atoms with E-state index < -0.39 is 28.9 Å².